The highest BCUT2D eigenvalue weighted by Crippen LogP contribution is 2.26. The fraction of sp³-hybridized carbons (Fsp3) is 0.182. The SMILES string of the molecule is COc1cc(/C=C/C(=O)CC(=O)/C=C/c2ccc(O)c(OC)c2)ccc1C. The molecule has 1 N–H and O–H groups in total. The Hall–Kier alpha value is -3.34. The Labute approximate surface area is 158 Å². The Morgan fingerprint density at radius 2 is 1.41 bits per heavy atom. The molecular weight excluding hydrogens is 344 g/mol. The summed E-state index contributed by atoms with van der Waals surface area (Å²) in [6, 6.07) is 10.3. The Kier molecular flexibility index (Phi) is 6.94. The molecule has 5 heteroatoms. The zero-order valence-corrected chi connectivity index (χ0v) is 15.6. The maximum absolute atomic E-state index is 12.0. The molecule has 0 radical (unpaired) electrons. The van der Waals surface area contributed by atoms with Crippen molar-refractivity contribution in [1.29, 1.82) is 0 Å². The van der Waals surface area contributed by atoms with E-state index in [1.165, 1.54) is 25.3 Å². The molecule has 0 saturated heterocycles. The number of ether oxygens (including phenoxy) is 2. The maximum atomic E-state index is 12.0. The fourth-order valence-corrected chi connectivity index (χ4v) is 2.41. The second-order valence-corrected chi connectivity index (χ2v) is 5.94. The average molecular weight is 366 g/mol. The van der Waals surface area contributed by atoms with Gasteiger partial charge in [-0.25, -0.2) is 0 Å². The minimum atomic E-state index is -0.307. The molecule has 0 fully saturated rings. The van der Waals surface area contributed by atoms with E-state index in [9.17, 15) is 14.7 Å². The number of rotatable bonds is 8. The number of methoxy groups -OCH3 is 2. The molecule has 0 bridgehead atoms. The van der Waals surface area contributed by atoms with Gasteiger partial charge >= 0.3 is 0 Å². The van der Waals surface area contributed by atoms with Crippen molar-refractivity contribution >= 4 is 23.7 Å². The van der Waals surface area contributed by atoms with Crippen molar-refractivity contribution in [2.45, 2.75) is 13.3 Å². The van der Waals surface area contributed by atoms with Crippen molar-refractivity contribution in [3.63, 3.8) is 0 Å². The molecule has 2 rings (SSSR count). The van der Waals surface area contributed by atoms with Crippen LogP contribution in [-0.2, 0) is 9.59 Å². The Morgan fingerprint density at radius 3 is 1.96 bits per heavy atom. The topological polar surface area (TPSA) is 72.8 Å². The third-order valence-electron chi connectivity index (χ3n) is 3.91. The Bertz CT molecular complexity index is 820. The maximum Gasteiger partial charge on any atom is 0.163 e. The van der Waals surface area contributed by atoms with Crippen LogP contribution in [0.3, 0.4) is 0 Å². The van der Waals surface area contributed by atoms with Crippen LogP contribution < -0.4 is 9.47 Å². The van der Waals surface area contributed by atoms with Crippen molar-refractivity contribution in [3.8, 4) is 17.2 Å². The highest BCUT2D eigenvalue weighted by molar-refractivity contribution is 6.10. The fourth-order valence-electron chi connectivity index (χ4n) is 2.41. The first-order valence-corrected chi connectivity index (χ1v) is 8.36. The van der Waals surface area contributed by atoms with E-state index in [1.807, 2.05) is 25.1 Å². The number of hydrogen-bond acceptors (Lipinski definition) is 5. The summed E-state index contributed by atoms with van der Waals surface area (Å²) >= 11 is 0. The first-order chi connectivity index (χ1) is 12.9. The third kappa shape index (κ3) is 5.85. The molecule has 0 aliphatic carbocycles. The predicted octanol–water partition coefficient (Wildman–Crippen LogP) is 3.97. The van der Waals surface area contributed by atoms with Crippen LogP contribution in [0.5, 0.6) is 17.2 Å². The van der Waals surface area contributed by atoms with Gasteiger partial charge in [-0.3, -0.25) is 9.59 Å². The number of carbonyl (C=O) groups is 2. The number of aromatic hydroxyl groups is 1. The summed E-state index contributed by atoms with van der Waals surface area (Å²) in [5.74, 6) is 0.491. The van der Waals surface area contributed by atoms with E-state index < -0.39 is 0 Å². The van der Waals surface area contributed by atoms with Gasteiger partial charge in [0.05, 0.1) is 20.6 Å². The molecule has 140 valence electrons. The molecule has 0 heterocycles. The number of allylic oxidation sites excluding steroid dienone is 2. The summed E-state index contributed by atoms with van der Waals surface area (Å²) in [6.07, 6.45) is 5.75. The van der Waals surface area contributed by atoms with Gasteiger partial charge in [-0.1, -0.05) is 30.4 Å². The lowest BCUT2D eigenvalue weighted by Crippen LogP contribution is -2.01. The van der Waals surface area contributed by atoms with E-state index in [0.29, 0.717) is 11.3 Å². The molecule has 0 atom stereocenters. The van der Waals surface area contributed by atoms with Gasteiger partial charge in [0, 0.05) is 0 Å². The van der Waals surface area contributed by atoms with E-state index in [0.717, 1.165) is 16.9 Å². The van der Waals surface area contributed by atoms with E-state index in [1.54, 1.807) is 31.4 Å². The van der Waals surface area contributed by atoms with Gasteiger partial charge in [-0.15, -0.1) is 0 Å². The lowest BCUT2D eigenvalue weighted by Gasteiger charge is -2.04. The first-order valence-electron chi connectivity index (χ1n) is 8.36. The van der Waals surface area contributed by atoms with Crippen molar-refractivity contribution in [1.82, 2.24) is 0 Å². The molecule has 0 saturated carbocycles. The van der Waals surface area contributed by atoms with Crippen molar-refractivity contribution in [2.75, 3.05) is 14.2 Å². The number of ketones is 2. The van der Waals surface area contributed by atoms with Gasteiger partial charge in [0.1, 0.15) is 5.75 Å². The van der Waals surface area contributed by atoms with E-state index >= 15 is 0 Å². The van der Waals surface area contributed by atoms with Gasteiger partial charge in [0.2, 0.25) is 0 Å². The summed E-state index contributed by atoms with van der Waals surface area (Å²) in [5, 5.41) is 9.56. The van der Waals surface area contributed by atoms with Crippen LogP contribution in [0.25, 0.3) is 12.2 Å². The number of phenolic OH excluding ortho intramolecular Hbond substituents is 1. The molecule has 0 amide bonds. The molecule has 0 aromatic heterocycles. The van der Waals surface area contributed by atoms with Crippen LogP contribution >= 0.6 is 0 Å². The molecule has 2 aromatic rings. The number of hydrogen-bond donors (Lipinski definition) is 1. The summed E-state index contributed by atoms with van der Waals surface area (Å²) < 4.78 is 10.3. The smallest absolute Gasteiger partial charge is 0.163 e. The van der Waals surface area contributed by atoms with Crippen LogP contribution in [-0.4, -0.2) is 30.9 Å². The molecule has 0 aliphatic rings. The standard InChI is InChI=1S/C22H22O5/c1-15-4-5-16(12-21(15)26-2)6-9-18(23)14-19(24)10-7-17-8-11-20(25)22(13-17)27-3/h4-13,25H,14H2,1-3H3/b9-6+,10-7+. The lowest BCUT2D eigenvalue weighted by atomic mass is 10.1. The first kappa shape index (κ1) is 20.0. The molecule has 0 spiro atoms. The lowest BCUT2D eigenvalue weighted by molar-refractivity contribution is -0.121. The van der Waals surface area contributed by atoms with Gasteiger partial charge in [-0.05, 0) is 54.0 Å². The summed E-state index contributed by atoms with van der Waals surface area (Å²) in [5.41, 5.74) is 2.52. The highest BCUT2D eigenvalue weighted by Gasteiger charge is 2.05. The minimum Gasteiger partial charge on any atom is -0.504 e. The normalized spacial score (nSPS) is 11.1. The Balaban J connectivity index is 1.96. The van der Waals surface area contributed by atoms with E-state index in [-0.39, 0.29) is 23.7 Å². The van der Waals surface area contributed by atoms with Crippen LogP contribution in [0.1, 0.15) is 23.1 Å². The van der Waals surface area contributed by atoms with Gasteiger partial charge < -0.3 is 14.6 Å². The van der Waals surface area contributed by atoms with Crippen LogP contribution in [0.15, 0.2) is 48.6 Å². The molecular formula is C22H22O5. The van der Waals surface area contributed by atoms with E-state index in [2.05, 4.69) is 0 Å². The van der Waals surface area contributed by atoms with Gasteiger partial charge in [-0.2, -0.15) is 0 Å². The predicted molar refractivity (Wildman–Crippen MR) is 105 cm³/mol. The summed E-state index contributed by atoms with van der Waals surface area (Å²) in [7, 11) is 3.04. The second-order valence-electron chi connectivity index (χ2n) is 5.94. The number of phenols is 1. The zero-order valence-electron chi connectivity index (χ0n) is 15.6. The van der Waals surface area contributed by atoms with Crippen molar-refractivity contribution < 1.29 is 24.2 Å². The Morgan fingerprint density at radius 1 is 0.889 bits per heavy atom. The number of benzene rings is 2. The zero-order chi connectivity index (χ0) is 19.8. The molecule has 0 unspecified atom stereocenters. The molecule has 5 nitrogen and oxygen atoms in total. The number of carbonyl (C=O) groups excluding carboxylic acids is 2. The van der Waals surface area contributed by atoms with Gasteiger partial charge in [0.15, 0.2) is 23.1 Å². The van der Waals surface area contributed by atoms with Crippen LogP contribution in [0, 0.1) is 6.92 Å². The van der Waals surface area contributed by atoms with E-state index in [4.69, 9.17) is 9.47 Å². The minimum absolute atomic E-state index is 0.0222. The van der Waals surface area contributed by atoms with Crippen LogP contribution in [0.4, 0.5) is 0 Å². The summed E-state index contributed by atoms with van der Waals surface area (Å²) in [4.78, 5) is 23.9. The van der Waals surface area contributed by atoms with Crippen molar-refractivity contribution in [2.24, 2.45) is 0 Å². The monoisotopic (exact) mass is 366 g/mol. The van der Waals surface area contributed by atoms with Crippen molar-refractivity contribution in [3.05, 3.63) is 65.2 Å². The van der Waals surface area contributed by atoms with Crippen LogP contribution in [0.2, 0.25) is 0 Å². The average Bonchev–Trinajstić information content (AvgIpc) is 2.66. The second kappa shape index (κ2) is 9.38. The van der Waals surface area contributed by atoms with Gasteiger partial charge in [0.25, 0.3) is 0 Å². The quantitative estimate of drug-likeness (QED) is 0.565. The largest absolute Gasteiger partial charge is 0.504 e. The molecule has 27 heavy (non-hydrogen) atoms. The third-order valence-corrected chi connectivity index (χ3v) is 3.91. The molecule has 0 aliphatic heterocycles. The highest BCUT2D eigenvalue weighted by atomic mass is 16.5. The molecule has 2 aromatic carbocycles. The number of aryl methyl sites for hydroxylation is 1. The summed E-state index contributed by atoms with van der Waals surface area (Å²) in [6.45, 7) is 1.94.